The number of aryl methyl sites for hydroxylation is 1. The molecule has 1 aromatic heterocycles. The van der Waals surface area contributed by atoms with Crippen molar-refractivity contribution in [3.8, 4) is 5.75 Å². The molecule has 0 radical (unpaired) electrons. The van der Waals surface area contributed by atoms with Gasteiger partial charge in [-0.15, -0.1) is 10.2 Å². The van der Waals surface area contributed by atoms with E-state index in [4.69, 9.17) is 0 Å². The number of hydrogen-bond donors (Lipinski definition) is 2. The summed E-state index contributed by atoms with van der Waals surface area (Å²) < 4.78 is 15.0. The molecule has 0 saturated heterocycles. The fourth-order valence-corrected chi connectivity index (χ4v) is 1.73. The molecule has 0 unspecified atom stereocenters. The maximum absolute atomic E-state index is 13.0. The normalized spacial score (nSPS) is 10.8. The van der Waals surface area contributed by atoms with Crippen LogP contribution >= 0.6 is 0 Å². The molecule has 1 aromatic carbocycles. The SMILES string of the molecule is CCn1cnnc1CNCc1cc(O)cc(F)c1. The average Bonchev–Trinajstić information content (AvgIpc) is 2.75. The van der Waals surface area contributed by atoms with Crippen molar-refractivity contribution >= 4 is 0 Å². The quantitative estimate of drug-likeness (QED) is 0.842. The summed E-state index contributed by atoms with van der Waals surface area (Å²) in [6, 6.07) is 4.00. The summed E-state index contributed by atoms with van der Waals surface area (Å²) >= 11 is 0. The molecule has 1 heterocycles. The molecular weight excluding hydrogens is 235 g/mol. The Morgan fingerprint density at radius 2 is 2.17 bits per heavy atom. The smallest absolute Gasteiger partial charge is 0.146 e. The molecule has 0 bridgehead atoms. The summed E-state index contributed by atoms with van der Waals surface area (Å²) in [5.74, 6) is 0.324. The van der Waals surface area contributed by atoms with Gasteiger partial charge in [0.25, 0.3) is 0 Å². The summed E-state index contributed by atoms with van der Waals surface area (Å²) in [5, 5.41) is 20.2. The molecule has 0 fully saturated rings. The molecule has 0 atom stereocenters. The third-order valence-corrected chi connectivity index (χ3v) is 2.59. The number of rotatable bonds is 5. The molecule has 96 valence electrons. The number of phenolic OH excluding ortho intramolecular Hbond substituents is 1. The predicted molar refractivity (Wildman–Crippen MR) is 64.3 cm³/mol. The number of hydrogen-bond acceptors (Lipinski definition) is 4. The first-order valence-corrected chi connectivity index (χ1v) is 5.75. The number of nitrogens with one attached hydrogen (secondary N) is 1. The average molecular weight is 250 g/mol. The van der Waals surface area contributed by atoms with Crippen molar-refractivity contribution in [2.45, 2.75) is 26.6 Å². The van der Waals surface area contributed by atoms with Crippen LogP contribution < -0.4 is 5.32 Å². The lowest BCUT2D eigenvalue weighted by Crippen LogP contribution is -2.16. The van der Waals surface area contributed by atoms with E-state index in [1.807, 2.05) is 11.5 Å². The number of aromatic hydroxyl groups is 1. The van der Waals surface area contributed by atoms with Gasteiger partial charge in [-0.2, -0.15) is 0 Å². The van der Waals surface area contributed by atoms with Gasteiger partial charge in [0.05, 0.1) is 6.54 Å². The molecule has 2 aromatic rings. The van der Waals surface area contributed by atoms with Crippen LogP contribution in [0.3, 0.4) is 0 Å². The summed E-state index contributed by atoms with van der Waals surface area (Å²) in [4.78, 5) is 0. The van der Waals surface area contributed by atoms with E-state index in [1.54, 1.807) is 6.33 Å². The van der Waals surface area contributed by atoms with Crippen LogP contribution in [0.25, 0.3) is 0 Å². The standard InChI is InChI=1S/C12H15FN4O/c1-2-17-8-15-16-12(17)7-14-6-9-3-10(13)5-11(18)4-9/h3-5,8,14,18H,2,6-7H2,1H3. The number of halogens is 1. The molecular formula is C12H15FN4O. The number of aromatic nitrogens is 3. The molecule has 0 amide bonds. The van der Waals surface area contributed by atoms with Crippen LogP contribution in [-0.2, 0) is 19.6 Å². The second-order valence-corrected chi connectivity index (χ2v) is 3.95. The Balaban J connectivity index is 1.92. The topological polar surface area (TPSA) is 63.0 Å². The molecule has 2 rings (SSSR count). The molecule has 0 aliphatic rings. The molecule has 5 nitrogen and oxygen atoms in total. The maximum atomic E-state index is 13.0. The van der Waals surface area contributed by atoms with Gasteiger partial charge < -0.3 is 15.0 Å². The third-order valence-electron chi connectivity index (χ3n) is 2.59. The van der Waals surface area contributed by atoms with E-state index in [0.29, 0.717) is 18.7 Å². The van der Waals surface area contributed by atoms with E-state index >= 15 is 0 Å². The van der Waals surface area contributed by atoms with Gasteiger partial charge in [0.2, 0.25) is 0 Å². The molecule has 0 aliphatic carbocycles. The van der Waals surface area contributed by atoms with Gasteiger partial charge in [-0.05, 0) is 24.6 Å². The largest absolute Gasteiger partial charge is 0.508 e. The summed E-state index contributed by atoms with van der Waals surface area (Å²) in [7, 11) is 0. The van der Waals surface area contributed by atoms with Crippen molar-refractivity contribution in [3.05, 3.63) is 41.7 Å². The van der Waals surface area contributed by atoms with Crippen LogP contribution in [0.15, 0.2) is 24.5 Å². The highest BCUT2D eigenvalue weighted by Gasteiger charge is 2.03. The fraction of sp³-hybridized carbons (Fsp3) is 0.333. The lowest BCUT2D eigenvalue weighted by Gasteiger charge is -2.06. The molecule has 0 spiro atoms. The molecule has 18 heavy (non-hydrogen) atoms. The van der Waals surface area contributed by atoms with E-state index in [0.717, 1.165) is 18.4 Å². The highest BCUT2D eigenvalue weighted by molar-refractivity contribution is 5.28. The zero-order chi connectivity index (χ0) is 13.0. The van der Waals surface area contributed by atoms with Crippen LogP contribution in [0.5, 0.6) is 5.75 Å². The van der Waals surface area contributed by atoms with Crippen LogP contribution in [0.4, 0.5) is 4.39 Å². The summed E-state index contributed by atoms with van der Waals surface area (Å²) in [6.07, 6.45) is 1.67. The van der Waals surface area contributed by atoms with E-state index in [2.05, 4.69) is 15.5 Å². The minimum absolute atomic E-state index is 0.0662. The Hall–Kier alpha value is -1.95. The summed E-state index contributed by atoms with van der Waals surface area (Å²) in [5.41, 5.74) is 0.690. The van der Waals surface area contributed by atoms with Crippen LogP contribution in [0, 0.1) is 5.82 Å². The van der Waals surface area contributed by atoms with Gasteiger partial charge >= 0.3 is 0 Å². The number of benzene rings is 1. The van der Waals surface area contributed by atoms with Gasteiger partial charge in [-0.25, -0.2) is 4.39 Å². The van der Waals surface area contributed by atoms with Crippen molar-refractivity contribution in [1.29, 1.82) is 0 Å². The van der Waals surface area contributed by atoms with Gasteiger partial charge in [0.1, 0.15) is 23.7 Å². The van der Waals surface area contributed by atoms with Gasteiger partial charge in [-0.3, -0.25) is 0 Å². The fourth-order valence-electron chi connectivity index (χ4n) is 1.73. The monoisotopic (exact) mass is 250 g/mol. The second-order valence-electron chi connectivity index (χ2n) is 3.95. The van der Waals surface area contributed by atoms with E-state index in [-0.39, 0.29) is 5.75 Å². The molecule has 0 aliphatic heterocycles. The Morgan fingerprint density at radius 1 is 1.33 bits per heavy atom. The lowest BCUT2D eigenvalue weighted by atomic mass is 10.2. The van der Waals surface area contributed by atoms with Crippen molar-refractivity contribution in [1.82, 2.24) is 20.1 Å². The lowest BCUT2D eigenvalue weighted by molar-refractivity contribution is 0.467. The van der Waals surface area contributed by atoms with Crippen molar-refractivity contribution < 1.29 is 9.50 Å². The van der Waals surface area contributed by atoms with Gasteiger partial charge in [0.15, 0.2) is 0 Å². The van der Waals surface area contributed by atoms with Crippen molar-refractivity contribution in [2.75, 3.05) is 0 Å². The Bertz CT molecular complexity index is 506. The summed E-state index contributed by atoms with van der Waals surface area (Å²) in [6.45, 7) is 3.83. The zero-order valence-electron chi connectivity index (χ0n) is 10.1. The third kappa shape index (κ3) is 3.04. The van der Waals surface area contributed by atoms with E-state index in [9.17, 15) is 9.50 Å². The first-order valence-electron chi connectivity index (χ1n) is 5.75. The Kier molecular flexibility index (Phi) is 3.88. The first-order chi connectivity index (χ1) is 8.69. The number of phenols is 1. The first kappa shape index (κ1) is 12.5. The van der Waals surface area contributed by atoms with Crippen molar-refractivity contribution in [2.24, 2.45) is 0 Å². The van der Waals surface area contributed by atoms with Crippen LogP contribution in [-0.4, -0.2) is 19.9 Å². The Morgan fingerprint density at radius 3 is 2.89 bits per heavy atom. The molecule has 2 N–H and O–H groups in total. The van der Waals surface area contributed by atoms with Crippen LogP contribution in [0.1, 0.15) is 18.3 Å². The molecule has 6 heteroatoms. The van der Waals surface area contributed by atoms with E-state index < -0.39 is 5.82 Å². The predicted octanol–water partition coefficient (Wildman–Crippen LogP) is 1.43. The van der Waals surface area contributed by atoms with E-state index in [1.165, 1.54) is 12.1 Å². The second kappa shape index (κ2) is 5.59. The van der Waals surface area contributed by atoms with Gasteiger partial charge in [0, 0.05) is 19.2 Å². The zero-order valence-corrected chi connectivity index (χ0v) is 10.1. The minimum atomic E-state index is -0.441. The van der Waals surface area contributed by atoms with Gasteiger partial charge in [-0.1, -0.05) is 0 Å². The highest BCUT2D eigenvalue weighted by Crippen LogP contribution is 2.14. The van der Waals surface area contributed by atoms with Crippen molar-refractivity contribution in [3.63, 3.8) is 0 Å². The minimum Gasteiger partial charge on any atom is -0.508 e. The highest BCUT2D eigenvalue weighted by atomic mass is 19.1. The number of nitrogens with zero attached hydrogens (tertiary/aromatic N) is 3. The molecule has 0 saturated carbocycles. The van der Waals surface area contributed by atoms with Crippen LogP contribution in [0.2, 0.25) is 0 Å². The Labute approximate surface area is 104 Å². The maximum Gasteiger partial charge on any atom is 0.146 e.